The molecular formula is C43H50N4O7Si. The quantitative estimate of drug-likeness (QED) is 0.131. The van der Waals surface area contributed by atoms with Crippen LogP contribution in [0.3, 0.4) is 0 Å². The number of anilines is 3. The number of carbonyl (C=O) groups excluding carboxylic acids is 3. The number of nitrogens with one attached hydrogen (secondary N) is 1. The molecule has 4 aromatic rings. The first kappa shape index (κ1) is 38.1. The second-order valence-electron chi connectivity index (χ2n) is 15.5. The number of hydrogen-bond donors (Lipinski definition) is 3. The molecule has 7 rings (SSSR count). The molecule has 288 valence electrons. The fourth-order valence-corrected chi connectivity index (χ4v) is 13.2. The molecule has 4 N–H and O–H groups in total. The van der Waals surface area contributed by atoms with Gasteiger partial charge in [0, 0.05) is 35.0 Å². The number of aliphatic hydroxyl groups is 1. The van der Waals surface area contributed by atoms with Gasteiger partial charge in [-0.05, 0) is 90.7 Å². The van der Waals surface area contributed by atoms with Crippen molar-refractivity contribution in [2.75, 3.05) is 43.3 Å². The van der Waals surface area contributed by atoms with Crippen LogP contribution in [0.25, 0.3) is 0 Å². The molecule has 0 radical (unpaired) electrons. The van der Waals surface area contributed by atoms with Crippen molar-refractivity contribution in [3.05, 3.63) is 108 Å². The average Bonchev–Trinajstić information content (AvgIpc) is 3.85. The molecule has 0 aromatic heterocycles. The third-order valence-electron chi connectivity index (χ3n) is 12.0. The van der Waals surface area contributed by atoms with Crippen LogP contribution >= 0.6 is 0 Å². The van der Waals surface area contributed by atoms with Crippen molar-refractivity contribution in [2.24, 2.45) is 5.92 Å². The molecule has 0 bridgehead atoms. The normalized spacial score (nSPS) is 23.3. The van der Waals surface area contributed by atoms with Gasteiger partial charge < -0.3 is 40.2 Å². The lowest BCUT2D eigenvalue weighted by Gasteiger charge is -2.37. The molecule has 3 aliphatic rings. The van der Waals surface area contributed by atoms with Gasteiger partial charge in [-0.25, -0.2) is 0 Å². The molecule has 1 spiro atoms. The van der Waals surface area contributed by atoms with E-state index < -0.39 is 19.8 Å². The SMILES string of the molecule is COc1ccc([Si](C)(C)[C@@H]2[C@@H](CC(=O)N3CCC[C@H]3CO)O[C@]3(C(=O)N(Cc4cccc(NC(=O)c5ccc(N)cc5)c4)c4ccc(OC)cc43)[C@H]2C)cc1. The van der Waals surface area contributed by atoms with Crippen LogP contribution in [-0.4, -0.2) is 75.3 Å². The summed E-state index contributed by atoms with van der Waals surface area (Å²) in [4.78, 5) is 46.0. The molecule has 3 amide bonds. The van der Waals surface area contributed by atoms with Gasteiger partial charge in [-0.3, -0.25) is 14.4 Å². The smallest absolute Gasteiger partial charge is 0.264 e. The number of rotatable bonds is 11. The maximum atomic E-state index is 15.3. The van der Waals surface area contributed by atoms with Crippen molar-refractivity contribution in [2.45, 2.75) is 69.1 Å². The van der Waals surface area contributed by atoms with Gasteiger partial charge >= 0.3 is 0 Å². The van der Waals surface area contributed by atoms with Gasteiger partial charge in [-0.15, -0.1) is 0 Å². The summed E-state index contributed by atoms with van der Waals surface area (Å²) < 4.78 is 18.4. The van der Waals surface area contributed by atoms with Crippen LogP contribution in [0.4, 0.5) is 17.1 Å². The second kappa shape index (κ2) is 15.2. The maximum Gasteiger partial charge on any atom is 0.264 e. The Kier molecular flexibility index (Phi) is 10.5. The van der Waals surface area contributed by atoms with Crippen molar-refractivity contribution in [1.82, 2.24) is 4.90 Å². The minimum atomic E-state index is -2.51. The highest BCUT2D eigenvalue weighted by Crippen LogP contribution is 2.60. The Morgan fingerprint density at radius 2 is 1.69 bits per heavy atom. The molecule has 0 unspecified atom stereocenters. The Labute approximate surface area is 323 Å². The Morgan fingerprint density at radius 3 is 2.38 bits per heavy atom. The van der Waals surface area contributed by atoms with E-state index in [-0.39, 0.29) is 54.8 Å². The standard InChI is InChI=1S/C43H50N4O7Si/c1-27-40(55(4,5)35-18-15-33(52-2)16-19-35)38(24-39(49)46-21-7-10-32(46)26-48)54-43(27)36-23-34(53-3)17-20-37(36)47(42(43)51)25-28-8-6-9-31(22-28)45-41(50)29-11-13-30(44)14-12-29/h6,8-9,11-20,22-23,27,32,38,40,48H,7,10,21,24-26,44H2,1-5H3,(H,45,50)/t27-,32-,38+,40-,43+/m0/s1. The first-order valence-corrected chi connectivity index (χ1v) is 22.0. The van der Waals surface area contributed by atoms with E-state index in [0.717, 1.165) is 24.2 Å². The highest BCUT2D eigenvalue weighted by Gasteiger charge is 2.66. The van der Waals surface area contributed by atoms with Crippen LogP contribution in [0.1, 0.15) is 47.7 Å². The van der Waals surface area contributed by atoms with Gasteiger partial charge in [0.15, 0.2) is 5.60 Å². The average molecular weight is 763 g/mol. The lowest BCUT2D eigenvalue weighted by Crippen LogP contribution is -2.52. The number of methoxy groups -OCH3 is 2. The van der Waals surface area contributed by atoms with E-state index in [1.165, 1.54) is 5.19 Å². The third-order valence-corrected chi connectivity index (χ3v) is 16.4. The number of carbonyl (C=O) groups is 3. The zero-order valence-corrected chi connectivity index (χ0v) is 33.1. The summed E-state index contributed by atoms with van der Waals surface area (Å²) in [5.74, 6) is 0.494. The summed E-state index contributed by atoms with van der Waals surface area (Å²) in [5.41, 5.74) is 8.16. The second-order valence-corrected chi connectivity index (χ2v) is 20.2. The van der Waals surface area contributed by atoms with E-state index in [0.29, 0.717) is 40.5 Å². The van der Waals surface area contributed by atoms with E-state index >= 15 is 4.79 Å². The Morgan fingerprint density at radius 1 is 0.982 bits per heavy atom. The number of amides is 3. The van der Waals surface area contributed by atoms with Crippen molar-refractivity contribution >= 4 is 48.0 Å². The number of benzene rings is 4. The summed E-state index contributed by atoms with van der Waals surface area (Å²) in [6.45, 7) is 7.40. The topological polar surface area (TPSA) is 144 Å². The number of nitrogens with zero attached hydrogens (tertiary/aromatic N) is 2. The molecule has 0 aliphatic carbocycles. The van der Waals surface area contributed by atoms with E-state index in [4.69, 9.17) is 19.9 Å². The Balaban J connectivity index is 1.26. The number of likely N-dealkylation sites (tertiary alicyclic amines) is 1. The first-order valence-electron chi connectivity index (χ1n) is 18.9. The van der Waals surface area contributed by atoms with Crippen molar-refractivity contribution in [1.29, 1.82) is 0 Å². The lowest BCUT2D eigenvalue weighted by molar-refractivity contribution is -0.150. The molecular weight excluding hydrogens is 713 g/mol. The highest BCUT2D eigenvalue weighted by molar-refractivity contribution is 6.91. The van der Waals surface area contributed by atoms with Gasteiger partial charge in [0.25, 0.3) is 11.8 Å². The predicted octanol–water partition coefficient (Wildman–Crippen LogP) is 5.67. The van der Waals surface area contributed by atoms with Crippen molar-refractivity contribution < 1.29 is 33.7 Å². The molecule has 2 saturated heterocycles. The molecule has 0 saturated carbocycles. The third kappa shape index (κ3) is 6.87. The fourth-order valence-electron chi connectivity index (χ4n) is 9.19. The monoisotopic (exact) mass is 762 g/mol. The fraction of sp³-hybridized carbons (Fsp3) is 0.372. The van der Waals surface area contributed by atoms with Gasteiger partial charge in [0.05, 0.1) is 59.7 Å². The number of nitrogens with two attached hydrogens (primary N) is 1. The summed E-state index contributed by atoms with van der Waals surface area (Å²) in [5, 5.41) is 14.2. The number of fused-ring (bicyclic) bond motifs is 2. The zero-order chi connectivity index (χ0) is 39.1. The first-order chi connectivity index (χ1) is 26.4. The van der Waals surface area contributed by atoms with Crippen LogP contribution in [-0.2, 0) is 26.5 Å². The molecule has 3 aliphatic heterocycles. The largest absolute Gasteiger partial charge is 0.497 e. The zero-order valence-electron chi connectivity index (χ0n) is 32.1. The van der Waals surface area contributed by atoms with Crippen LogP contribution in [0.2, 0.25) is 18.6 Å². The molecule has 5 atom stereocenters. The van der Waals surface area contributed by atoms with Crippen LogP contribution in [0.5, 0.6) is 11.5 Å². The summed E-state index contributed by atoms with van der Waals surface area (Å²) in [7, 11) is 0.738. The number of aliphatic hydroxyl groups excluding tert-OH is 1. The summed E-state index contributed by atoms with van der Waals surface area (Å²) in [6, 6.07) is 27.7. The number of hydrogen-bond acceptors (Lipinski definition) is 8. The summed E-state index contributed by atoms with van der Waals surface area (Å²) in [6.07, 6.45) is 1.13. The molecule has 3 heterocycles. The van der Waals surface area contributed by atoms with Crippen LogP contribution < -0.4 is 30.6 Å². The van der Waals surface area contributed by atoms with Crippen molar-refractivity contribution in [3.8, 4) is 11.5 Å². The van der Waals surface area contributed by atoms with Crippen LogP contribution in [0.15, 0.2) is 91.0 Å². The van der Waals surface area contributed by atoms with E-state index in [9.17, 15) is 14.7 Å². The van der Waals surface area contributed by atoms with Gasteiger partial charge in [-0.2, -0.15) is 0 Å². The molecule has 55 heavy (non-hydrogen) atoms. The van der Waals surface area contributed by atoms with Crippen LogP contribution in [0, 0.1) is 5.92 Å². The van der Waals surface area contributed by atoms with Crippen molar-refractivity contribution in [3.63, 3.8) is 0 Å². The van der Waals surface area contributed by atoms with E-state index in [2.05, 4.69) is 37.5 Å². The van der Waals surface area contributed by atoms with E-state index in [1.807, 2.05) is 54.6 Å². The maximum absolute atomic E-state index is 15.3. The summed E-state index contributed by atoms with van der Waals surface area (Å²) >= 11 is 0. The Hall–Kier alpha value is -5.17. The minimum absolute atomic E-state index is 0.0682. The van der Waals surface area contributed by atoms with Gasteiger partial charge in [-0.1, -0.05) is 49.5 Å². The highest BCUT2D eigenvalue weighted by atomic mass is 28.3. The van der Waals surface area contributed by atoms with Gasteiger partial charge in [0.2, 0.25) is 5.91 Å². The van der Waals surface area contributed by atoms with Gasteiger partial charge in [0.1, 0.15) is 11.5 Å². The molecule has 4 aromatic carbocycles. The van der Waals surface area contributed by atoms with E-state index in [1.54, 1.807) is 48.3 Å². The molecule has 12 heteroatoms. The minimum Gasteiger partial charge on any atom is -0.497 e. The Bertz CT molecular complexity index is 2070. The number of nitrogen functional groups attached to an aromatic ring is 1. The number of ether oxygens (including phenoxy) is 3. The predicted molar refractivity (Wildman–Crippen MR) is 215 cm³/mol. The molecule has 2 fully saturated rings. The molecule has 11 nitrogen and oxygen atoms in total. The lowest BCUT2D eigenvalue weighted by atomic mass is 9.82.